The Balaban J connectivity index is 2.43. The molecule has 1 saturated heterocycles. The van der Waals surface area contributed by atoms with Crippen molar-refractivity contribution >= 4 is 28.9 Å². The second kappa shape index (κ2) is 5.84. The maximum atomic E-state index is 12.8. The van der Waals surface area contributed by atoms with Gasteiger partial charge in [-0.1, -0.05) is 12.2 Å². The predicted octanol–water partition coefficient (Wildman–Crippen LogP) is 1.06. The highest BCUT2D eigenvalue weighted by atomic mass is 32.1. The summed E-state index contributed by atoms with van der Waals surface area (Å²) in [6, 6.07) is 2.06. The number of halogens is 3. The number of rotatable bonds is 2. The van der Waals surface area contributed by atoms with E-state index >= 15 is 0 Å². The van der Waals surface area contributed by atoms with Crippen molar-refractivity contribution in [1.82, 2.24) is 10.3 Å². The minimum absolute atomic E-state index is 0.0326. The number of nitrogens with one attached hydrogen (secondary N) is 1. The highest BCUT2D eigenvalue weighted by Gasteiger charge is 2.34. The van der Waals surface area contributed by atoms with E-state index < -0.39 is 11.9 Å². The molecule has 0 saturated carbocycles. The number of anilines is 1. The van der Waals surface area contributed by atoms with Gasteiger partial charge >= 0.3 is 6.18 Å². The van der Waals surface area contributed by atoms with E-state index in [0.717, 1.165) is 6.07 Å². The van der Waals surface area contributed by atoms with E-state index in [9.17, 15) is 18.0 Å². The van der Waals surface area contributed by atoms with E-state index in [4.69, 9.17) is 18.0 Å². The Bertz CT molecular complexity index is 576. The fourth-order valence-electron chi connectivity index (χ4n) is 2.02. The predicted molar refractivity (Wildman–Crippen MR) is 75.0 cm³/mol. The summed E-state index contributed by atoms with van der Waals surface area (Å²) in [7, 11) is 0. The molecular formula is C12H13F3N4OS. The molecule has 0 atom stereocenters. The molecule has 0 radical (unpaired) electrons. The number of aromatic nitrogens is 1. The maximum absolute atomic E-state index is 12.8. The van der Waals surface area contributed by atoms with Gasteiger partial charge in [-0.05, 0) is 12.1 Å². The molecule has 3 N–H and O–H groups in total. The Labute approximate surface area is 124 Å². The number of nitrogens with zero attached hydrogens (tertiary/aromatic N) is 2. The third-order valence-electron chi connectivity index (χ3n) is 3.04. The molecule has 5 nitrogen and oxygen atoms in total. The van der Waals surface area contributed by atoms with Crippen LogP contribution in [0.2, 0.25) is 0 Å². The number of carbonyl (C=O) groups excluding carboxylic acids is 1. The van der Waals surface area contributed by atoms with Gasteiger partial charge in [-0.25, -0.2) is 4.98 Å². The Morgan fingerprint density at radius 3 is 2.71 bits per heavy atom. The average molecular weight is 318 g/mol. The molecule has 0 bridgehead atoms. The lowest BCUT2D eigenvalue weighted by Crippen LogP contribution is -2.31. The summed E-state index contributed by atoms with van der Waals surface area (Å²) in [5.74, 6) is -0.0878. The van der Waals surface area contributed by atoms with Crippen LogP contribution in [0.5, 0.6) is 0 Å². The number of carbonyl (C=O) groups is 1. The maximum Gasteiger partial charge on any atom is 0.433 e. The van der Waals surface area contributed by atoms with Crippen molar-refractivity contribution in [1.29, 1.82) is 0 Å². The minimum atomic E-state index is -4.55. The van der Waals surface area contributed by atoms with Crippen LogP contribution in [0.4, 0.5) is 19.0 Å². The second-order valence-electron chi connectivity index (χ2n) is 4.52. The van der Waals surface area contributed by atoms with Gasteiger partial charge in [0.25, 0.3) is 0 Å². The van der Waals surface area contributed by atoms with E-state index in [0.29, 0.717) is 13.1 Å². The van der Waals surface area contributed by atoms with Crippen molar-refractivity contribution in [2.24, 2.45) is 5.73 Å². The molecule has 9 heteroatoms. The van der Waals surface area contributed by atoms with Crippen molar-refractivity contribution < 1.29 is 18.0 Å². The van der Waals surface area contributed by atoms with Crippen LogP contribution in [0.25, 0.3) is 0 Å². The highest BCUT2D eigenvalue weighted by molar-refractivity contribution is 7.80. The van der Waals surface area contributed by atoms with Crippen molar-refractivity contribution in [3.8, 4) is 0 Å². The van der Waals surface area contributed by atoms with Crippen molar-refractivity contribution in [3.63, 3.8) is 0 Å². The van der Waals surface area contributed by atoms with Gasteiger partial charge in [0.05, 0.1) is 5.56 Å². The largest absolute Gasteiger partial charge is 0.433 e. The van der Waals surface area contributed by atoms with Gasteiger partial charge in [0, 0.05) is 26.1 Å². The monoisotopic (exact) mass is 318 g/mol. The van der Waals surface area contributed by atoms with Crippen LogP contribution in [0.3, 0.4) is 0 Å². The molecule has 21 heavy (non-hydrogen) atoms. The smallest absolute Gasteiger partial charge is 0.389 e. The molecule has 1 aliphatic heterocycles. The standard InChI is InChI=1S/C12H13F3N4OS/c13-12(14,15)8-2-1-7(10(16)21)11(18-8)19-5-3-9(20)17-4-6-19/h1-2H,3-6H2,(H2,16,21)(H,17,20). The summed E-state index contributed by atoms with van der Waals surface area (Å²) in [6.45, 7) is 0.930. The number of amides is 1. The molecular weight excluding hydrogens is 305 g/mol. The lowest BCUT2D eigenvalue weighted by molar-refractivity contribution is -0.141. The van der Waals surface area contributed by atoms with Crippen LogP contribution in [-0.2, 0) is 11.0 Å². The minimum Gasteiger partial charge on any atom is -0.389 e. The molecule has 1 fully saturated rings. The summed E-state index contributed by atoms with van der Waals surface area (Å²) in [4.78, 5) is 16.5. The average Bonchev–Trinajstić information content (AvgIpc) is 2.61. The third-order valence-corrected chi connectivity index (χ3v) is 3.26. The summed E-state index contributed by atoms with van der Waals surface area (Å²) in [5.41, 5.74) is 4.81. The lowest BCUT2D eigenvalue weighted by atomic mass is 10.2. The van der Waals surface area contributed by atoms with E-state index in [1.807, 2.05) is 0 Å². The van der Waals surface area contributed by atoms with Crippen LogP contribution in [0, 0.1) is 0 Å². The van der Waals surface area contributed by atoms with Crippen LogP contribution >= 0.6 is 12.2 Å². The molecule has 1 amide bonds. The van der Waals surface area contributed by atoms with Crippen molar-refractivity contribution in [2.45, 2.75) is 12.6 Å². The van der Waals surface area contributed by atoms with E-state index in [1.54, 1.807) is 4.90 Å². The zero-order valence-electron chi connectivity index (χ0n) is 10.9. The van der Waals surface area contributed by atoms with Gasteiger partial charge in [0.15, 0.2) is 0 Å². The topological polar surface area (TPSA) is 71.2 Å². The Hall–Kier alpha value is -1.90. The summed E-state index contributed by atoms with van der Waals surface area (Å²) in [5, 5.41) is 2.64. The molecule has 1 aromatic rings. The number of pyridine rings is 1. The fourth-order valence-corrected chi connectivity index (χ4v) is 2.18. The second-order valence-corrected chi connectivity index (χ2v) is 4.96. The number of hydrogen-bond acceptors (Lipinski definition) is 4. The van der Waals surface area contributed by atoms with Gasteiger partial charge in [-0.15, -0.1) is 0 Å². The lowest BCUT2D eigenvalue weighted by Gasteiger charge is -2.24. The SMILES string of the molecule is NC(=S)c1ccc(C(F)(F)F)nc1N1CCNC(=O)CC1. The quantitative estimate of drug-likeness (QED) is 0.798. The molecule has 0 aromatic carbocycles. The molecule has 2 heterocycles. The summed E-state index contributed by atoms with van der Waals surface area (Å²) >= 11 is 4.86. The van der Waals surface area contributed by atoms with E-state index in [1.165, 1.54) is 6.07 Å². The molecule has 1 aliphatic rings. The third kappa shape index (κ3) is 3.60. The van der Waals surface area contributed by atoms with Crippen LogP contribution in [0.15, 0.2) is 12.1 Å². The van der Waals surface area contributed by atoms with E-state index in [2.05, 4.69) is 10.3 Å². The first kappa shape index (κ1) is 15.5. The summed E-state index contributed by atoms with van der Waals surface area (Å²) in [6.07, 6.45) is -4.38. The molecule has 0 unspecified atom stereocenters. The molecule has 1 aromatic heterocycles. The zero-order chi connectivity index (χ0) is 15.6. The van der Waals surface area contributed by atoms with E-state index in [-0.39, 0.29) is 35.2 Å². The number of thiocarbonyl (C=S) groups is 1. The van der Waals surface area contributed by atoms with Gasteiger partial charge in [-0.3, -0.25) is 4.79 Å². The van der Waals surface area contributed by atoms with Crippen LogP contribution in [-0.4, -0.2) is 35.5 Å². The first-order valence-corrected chi connectivity index (χ1v) is 6.59. The first-order valence-electron chi connectivity index (χ1n) is 6.18. The molecule has 114 valence electrons. The Morgan fingerprint density at radius 2 is 2.10 bits per heavy atom. The van der Waals surface area contributed by atoms with Gasteiger partial charge in [0.2, 0.25) is 5.91 Å². The van der Waals surface area contributed by atoms with Crippen molar-refractivity contribution in [3.05, 3.63) is 23.4 Å². The molecule has 0 spiro atoms. The summed E-state index contributed by atoms with van der Waals surface area (Å²) < 4.78 is 38.4. The number of alkyl halides is 3. The van der Waals surface area contributed by atoms with Crippen LogP contribution < -0.4 is 16.0 Å². The van der Waals surface area contributed by atoms with Gasteiger partial charge < -0.3 is 16.0 Å². The normalized spacial score (nSPS) is 16.3. The van der Waals surface area contributed by atoms with Gasteiger partial charge in [-0.2, -0.15) is 13.2 Å². The zero-order valence-corrected chi connectivity index (χ0v) is 11.7. The first-order chi connectivity index (χ1) is 9.79. The fraction of sp³-hybridized carbons (Fsp3) is 0.417. The van der Waals surface area contributed by atoms with Gasteiger partial charge in [0.1, 0.15) is 16.5 Å². The van der Waals surface area contributed by atoms with Crippen molar-refractivity contribution in [2.75, 3.05) is 24.5 Å². The molecule has 2 rings (SSSR count). The Morgan fingerprint density at radius 1 is 1.38 bits per heavy atom. The molecule has 0 aliphatic carbocycles. The number of hydrogen-bond donors (Lipinski definition) is 2. The van der Waals surface area contributed by atoms with Crippen LogP contribution in [0.1, 0.15) is 17.7 Å². The number of nitrogens with two attached hydrogens (primary N) is 1. The highest BCUT2D eigenvalue weighted by Crippen LogP contribution is 2.30. The Kier molecular flexibility index (Phi) is 4.31.